The van der Waals surface area contributed by atoms with E-state index in [0.29, 0.717) is 11.1 Å². The van der Waals surface area contributed by atoms with E-state index in [2.05, 4.69) is 11.9 Å². The zero-order chi connectivity index (χ0) is 45.9. The van der Waals surface area contributed by atoms with Gasteiger partial charge >= 0.3 is 30.0 Å². The molecule has 2 aliphatic heterocycles. The second-order valence-electron chi connectivity index (χ2n) is 19.5. The van der Waals surface area contributed by atoms with Gasteiger partial charge in [0.25, 0.3) is 0 Å². The number of rotatable bonds is 11. The van der Waals surface area contributed by atoms with Crippen LogP contribution in [-0.4, -0.2) is 119 Å². The van der Waals surface area contributed by atoms with Gasteiger partial charge in [0.1, 0.15) is 35.6 Å². The van der Waals surface area contributed by atoms with E-state index < -0.39 is 125 Å². The monoisotopic (exact) mass is 869 g/mol. The summed E-state index contributed by atoms with van der Waals surface area (Å²) in [5, 5.41) is 28.1. The second-order valence-corrected chi connectivity index (χ2v) is 19.5. The number of esters is 4. The summed E-state index contributed by atoms with van der Waals surface area (Å²) in [4.78, 5) is 68.1. The SMILES string of the molecule is C=C[C@@H]1O[C@H]2C[C@H]3OC[C@@]3(OC(C)=O)[C@H]3[C@H](OC(=O)c4ccccc4)[C@]4(O)C[C@H](OC(=O)[C@@H](O)[C@H](CC(C)C)NC(=O)OC(C)(C)C)C(C)=C([C@H](OC(C)=O)[C@H](O1)[C@]23C)C4(C)C. The highest BCUT2D eigenvalue weighted by molar-refractivity contribution is 5.89. The summed E-state index contributed by atoms with van der Waals surface area (Å²) in [7, 11) is 0. The third kappa shape index (κ3) is 8.28. The number of hydrogen-bond donors (Lipinski definition) is 3. The van der Waals surface area contributed by atoms with Crippen LogP contribution in [-0.2, 0) is 52.3 Å². The number of alkyl carbamates (subject to hydrolysis) is 1. The van der Waals surface area contributed by atoms with E-state index in [0.717, 1.165) is 0 Å². The molecule has 342 valence electrons. The maximum atomic E-state index is 14.4. The van der Waals surface area contributed by atoms with Crippen LogP contribution in [0, 0.1) is 22.7 Å². The summed E-state index contributed by atoms with van der Waals surface area (Å²) >= 11 is 0. The van der Waals surface area contributed by atoms with Crippen molar-refractivity contribution in [2.45, 2.75) is 167 Å². The Hall–Kier alpha value is -4.35. The third-order valence-corrected chi connectivity index (χ3v) is 13.4. The summed E-state index contributed by atoms with van der Waals surface area (Å²) < 4.78 is 50.2. The van der Waals surface area contributed by atoms with Crippen LogP contribution in [0.1, 0.15) is 106 Å². The maximum absolute atomic E-state index is 14.4. The number of benzene rings is 1. The van der Waals surface area contributed by atoms with Crippen molar-refractivity contribution in [3.63, 3.8) is 0 Å². The average molecular weight is 870 g/mol. The topological polar surface area (TPSA) is 212 Å². The Balaban J connectivity index is 1.57. The van der Waals surface area contributed by atoms with Crippen molar-refractivity contribution in [1.29, 1.82) is 0 Å². The van der Waals surface area contributed by atoms with Crippen LogP contribution in [0.3, 0.4) is 0 Å². The smallest absolute Gasteiger partial charge is 0.407 e. The van der Waals surface area contributed by atoms with Gasteiger partial charge in [0.2, 0.25) is 0 Å². The van der Waals surface area contributed by atoms with Crippen LogP contribution in [0.4, 0.5) is 4.79 Å². The minimum absolute atomic E-state index is 0.0926. The molecule has 13 atom stereocenters. The number of nitrogens with one attached hydrogen (secondary N) is 1. The van der Waals surface area contributed by atoms with Crippen LogP contribution in [0.5, 0.6) is 0 Å². The van der Waals surface area contributed by atoms with Gasteiger partial charge in [-0.1, -0.05) is 59.4 Å². The number of aliphatic hydroxyl groups excluding tert-OH is 1. The molecule has 1 amide bonds. The fourth-order valence-electron chi connectivity index (χ4n) is 10.7. The maximum Gasteiger partial charge on any atom is 0.407 e. The molecule has 3 N–H and O–H groups in total. The number of amides is 1. The highest BCUT2D eigenvalue weighted by atomic mass is 16.7. The van der Waals surface area contributed by atoms with E-state index in [1.54, 1.807) is 71.9 Å². The van der Waals surface area contributed by atoms with Gasteiger partial charge in [-0.05, 0) is 69.4 Å². The number of carbonyl (C=O) groups excluding carboxylic acids is 5. The van der Waals surface area contributed by atoms with E-state index in [9.17, 15) is 34.2 Å². The highest BCUT2D eigenvalue weighted by Crippen LogP contribution is 2.67. The second kappa shape index (κ2) is 17.0. The van der Waals surface area contributed by atoms with Gasteiger partial charge in [0.05, 0.1) is 30.2 Å². The largest absolute Gasteiger partial charge is 0.456 e. The van der Waals surface area contributed by atoms with Gasteiger partial charge < -0.3 is 53.4 Å². The lowest BCUT2D eigenvalue weighted by Crippen LogP contribution is -2.83. The molecule has 3 aliphatic carbocycles. The lowest BCUT2D eigenvalue weighted by atomic mass is 9.44. The fourth-order valence-corrected chi connectivity index (χ4v) is 10.7. The van der Waals surface area contributed by atoms with Gasteiger partial charge in [-0.2, -0.15) is 0 Å². The van der Waals surface area contributed by atoms with Gasteiger partial charge in [-0.3, -0.25) is 9.59 Å². The summed E-state index contributed by atoms with van der Waals surface area (Å²) in [6, 6.07) is 7.04. The van der Waals surface area contributed by atoms with Gasteiger partial charge in [-0.25, -0.2) is 14.4 Å². The molecule has 2 saturated heterocycles. The first-order valence-electron chi connectivity index (χ1n) is 21.3. The number of hydrogen-bond acceptors (Lipinski definition) is 15. The van der Waals surface area contributed by atoms with Crippen molar-refractivity contribution in [1.82, 2.24) is 5.32 Å². The Bertz CT molecular complexity index is 1960. The molecule has 16 heteroatoms. The molecule has 0 unspecified atom stereocenters. The first-order chi connectivity index (χ1) is 28.8. The molecule has 1 aromatic carbocycles. The van der Waals surface area contributed by atoms with Gasteiger partial charge in [-0.15, -0.1) is 0 Å². The van der Waals surface area contributed by atoms with E-state index in [1.807, 2.05) is 20.8 Å². The number of carbonyl (C=O) groups is 5. The zero-order valence-corrected chi connectivity index (χ0v) is 37.6. The lowest BCUT2D eigenvalue weighted by molar-refractivity contribution is -0.405. The summed E-state index contributed by atoms with van der Waals surface area (Å²) in [6.07, 6.45) is -9.36. The van der Waals surface area contributed by atoms with E-state index >= 15 is 0 Å². The Labute approximate surface area is 362 Å². The summed E-state index contributed by atoms with van der Waals surface area (Å²) in [5.74, 6) is -4.57. The third-order valence-electron chi connectivity index (χ3n) is 13.4. The number of ether oxygens (including phenoxy) is 8. The fraction of sp³-hybridized carbons (Fsp3) is 0.674. The van der Waals surface area contributed by atoms with Crippen molar-refractivity contribution < 1.29 is 72.1 Å². The summed E-state index contributed by atoms with van der Waals surface area (Å²) in [5.41, 5.74) is -6.65. The molecule has 0 aromatic heterocycles. The normalized spacial score (nSPS) is 35.5. The molecule has 0 spiro atoms. The predicted octanol–water partition coefficient (Wildman–Crippen LogP) is 4.87. The van der Waals surface area contributed by atoms with E-state index in [-0.39, 0.29) is 30.9 Å². The molecular weight excluding hydrogens is 806 g/mol. The molecule has 0 radical (unpaired) electrons. The molecular formula is C46H63NO15. The molecule has 5 aliphatic rings. The number of fused-ring (bicyclic) bond motifs is 4. The quantitative estimate of drug-likeness (QED) is 0.154. The van der Waals surface area contributed by atoms with Crippen LogP contribution >= 0.6 is 0 Å². The number of aliphatic hydroxyl groups is 2. The molecule has 2 bridgehead atoms. The lowest BCUT2D eigenvalue weighted by Gasteiger charge is -2.71. The Morgan fingerprint density at radius 3 is 2.19 bits per heavy atom. The summed E-state index contributed by atoms with van der Waals surface area (Å²) in [6.45, 7) is 21.9. The Morgan fingerprint density at radius 1 is 0.984 bits per heavy atom. The minimum atomic E-state index is -2.23. The zero-order valence-electron chi connectivity index (χ0n) is 37.6. The standard InChI is InChI=1S/C46H63NO15/c1-13-32-58-30-20-31-45(22-55-31,61-26(6)49)36-38(60-39(51)27-17-15-14-16-18-27)46(54)21-29(57-40(52)34(50)28(19-23(2)3)47-41(53)62-42(7,8)9)24(4)33(43(46,10)11)35(56-25(5)48)37(59-32)44(30,36)12/h13-18,23,28-32,34-38,50,54H,1,19-22H2,2-12H3,(H,47,53)/t28-,29-,30-,31+,32+,34-,35-,36-,37-,38-,44+,45-,46+/m0/s1. The molecule has 62 heavy (non-hydrogen) atoms. The predicted molar refractivity (Wildman–Crippen MR) is 220 cm³/mol. The molecule has 2 heterocycles. The molecule has 16 nitrogen and oxygen atoms in total. The Morgan fingerprint density at radius 2 is 1.65 bits per heavy atom. The highest BCUT2D eigenvalue weighted by Gasteiger charge is 2.79. The van der Waals surface area contributed by atoms with Crippen LogP contribution in [0.15, 0.2) is 54.1 Å². The Kier molecular flexibility index (Phi) is 12.9. The van der Waals surface area contributed by atoms with Gasteiger partial charge in [0.15, 0.2) is 24.1 Å². The van der Waals surface area contributed by atoms with E-state index in [4.69, 9.17) is 37.9 Å². The van der Waals surface area contributed by atoms with Crippen molar-refractivity contribution in [2.24, 2.45) is 22.7 Å². The molecule has 4 fully saturated rings. The van der Waals surface area contributed by atoms with Crippen LogP contribution < -0.4 is 5.32 Å². The van der Waals surface area contributed by atoms with Crippen LogP contribution in [0.2, 0.25) is 0 Å². The van der Waals surface area contributed by atoms with Crippen molar-refractivity contribution in [2.75, 3.05) is 6.61 Å². The first-order valence-corrected chi connectivity index (χ1v) is 21.3. The van der Waals surface area contributed by atoms with Crippen LogP contribution in [0.25, 0.3) is 0 Å². The van der Waals surface area contributed by atoms with E-state index in [1.165, 1.54) is 19.9 Å². The molecule has 1 aromatic rings. The first kappa shape index (κ1) is 47.1. The van der Waals surface area contributed by atoms with Crippen molar-refractivity contribution in [3.05, 3.63) is 59.7 Å². The van der Waals surface area contributed by atoms with Crippen molar-refractivity contribution in [3.8, 4) is 0 Å². The minimum Gasteiger partial charge on any atom is -0.456 e. The molecule has 6 rings (SSSR count). The molecule has 2 saturated carbocycles. The van der Waals surface area contributed by atoms with Gasteiger partial charge in [0, 0.05) is 37.5 Å². The van der Waals surface area contributed by atoms with Crippen molar-refractivity contribution >= 4 is 30.0 Å². The average Bonchev–Trinajstić information content (AvgIpc) is 3.15.